The average Bonchev–Trinajstić information content (AvgIpc) is 3.04. The van der Waals surface area contributed by atoms with Crippen LogP contribution in [0.2, 0.25) is 0 Å². The Labute approximate surface area is 163 Å². The number of hydrogen-bond acceptors (Lipinski definition) is 5. The molecule has 1 aromatic heterocycles. The number of thiazole rings is 1. The predicted octanol–water partition coefficient (Wildman–Crippen LogP) is 5.09. The summed E-state index contributed by atoms with van der Waals surface area (Å²) in [6.07, 6.45) is 1.70. The molecule has 0 atom stereocenters. The highest BCUT2D eigenvalue weighted by molar-refractivity contribution is 9.10. The smallest absolute Gasteiger partial charge is 0.307 e. The van der Waals surface area contributed by atoms with Crippen LogP contribution >= 0.6 is 27.3 Å². The lowest BCUT2D eigenvalue weighted by Gasteiger charge is -2.11. The largest absolute Gasteiger partial charge is 0.493 e. The maximum Gasteiger partial charge on any atom is 0.307 e. The second kappa shape index (κ2) is 7.88. The summed E-state index contributed by atoms with van der Waals surface area (Å²) in [6, 6.07) is 11.4. The van der Waals surface area contributed by atoms with E-state index in [0.717, 1.165) is 20.3 Å². The Hall–Kier alpha value is -2.38. The van der Waals surface area contributed by atoms with Gasteiger partial charge in [-0.1, -0.05) is 12.1 Å². The van der Waals surface area contributed by atoms with Gasteiger partial charge >= 0.3 is 5.97 Å². The molecule has 0 aliphatic carbocycles. The minimum absolute atomic E-state index is 0.119. The third-order valence-corrected chi connectivity index (χ3v) is 5.41. The number of fused-ring (bicyclic) bond motifs is 1. The van der Waals surface area contributed by atoms with E-state index in [2.05, 4.69) is 20.9 Å². The van der Waals surface area contributed by atoms with Crippen LogP contribution in [-0.4, -0.2) is 30.3 Å². The van der Waals surface area contributed by atoms with Crippen molar-refractivity contribution in [2.75, 3.05) is 14.2 Å². The lowest BCUT2D eigenvalue weighted by Crippen LogP contribution is -1.97. The van der Waals surface area contributed by atoms with E-state index >= 15 is 0 Å². The summed E-state index contributed by atoms with van der Waals surface area (Å²) in [6.45, 7) is 0. The summed E-state index contributed by atoms with van der Waals surface area (Å²) in [5, 5.41) is 10.0. The average molecular weight is 434 g/mol. The van der Waals surface area contributed by atoms with E-state index in [1.165, 1.54) is 11.3 Å². The van der Waals surface area contributed by atoms with Crippen LogP contribution in [0.25, 0.3) is 21.9 Å². The monoisotopic (exact) mass is 433 g/mol. The molecule has 1 heterocycles. The Balaban J connectivity index is 2.10. The van der Waals surface area contributed by atoms with E-state index in [4.69, 9.17) is 9.47 Å². The summed E-state index contributed by atoms with van der Waals surface area (Å²) >= 11 is 4.94. The maximum atomic E-state index is 11.4. The van der Waals surface area contributed by atoms with E-state index in [0.29, 0.717) is 22.1 Å². The van der Waals surface area contributed by atoms with Gasteiger partial charge in [-0.15, -0.1) is 11.3 Å². The summed E-state index contributed by atoms with van der Waals surface area (Å²) in [7, 11) is 3.12. The molecule has 1 N–H and O–H groups in total. The standard InChI is InChI=1S/C19H16BrNO4S/c1-24-15-9-11(8-13(20)18(15)25-2)7-12(10-17(22)23)19-21-14-5-3-4-6-16(14)26-19/h3-9H,10H2,1-2H3,(H,22,23). The molecule has 0 unspecified atom stereocenters. The van der Waals surface area contributed by atoms with E-state index < -0.39 is 5.97 Å². The highest BCUT2D eigenvalue weighted by Gasteiger charge is 2.15. The van der Waals surface area contributed by atoms with Gasteiger partial charge in [0.2, 0.25) is 0 Å². The van der Waals surface area contributed by atoms with Crippen molar-refractivity contribution in [3.05, 3.63) is 51.4 Å². The molecule has 26 heavy (non-hydrogen) atoms. The van der Waals surface area contributed by atoms with Crippen molar-refractivity contribution in [3.8, 4) is 11.5 Å². The third-order valence-electron chi connectivity index (χ3n) is 3.71. The molecular weight excluding hydrogens is 418 g/mol. The molecule has 3 rings (SSSR count). The minimum atomic E-state index is -0.907. The quantitative estimate of drug-likeness (QED) is 0.585. The number of aromatic nitrogens is 1. The Morgan fingerprint density at radius 3 is 2.69 bits per heavy atom. The van der Waals surface area contributed by atoms with Crippen molar-refractivity contribution in [1.82, 2.24) is 4.98 Å². The molecule has 3 aromatic rings. The van der Waals surface area contributed by atoms with Crippen LogP contribution in [0.3, 0.4) is 0 Å². The normalized spacial score (nSPS) is 11.6. The van der Waals surface area contributed by atoms with E-state index in [1.807, 2.05) is 36.4 Å². The number of ether oxygens (including phenoxy) is 2. The van der Waals surface area contributed by atoms with Gasteiger partial charge in [0.25, 0.3) is 0 Å². The topological polar surface area (TPSA) is 68.7 Å². The number of benzene rings is 2. The number of carbonyl (C=O) groups is 1. The van der Waals surface area contributed by atoms with Gasteiger partial charge in [-0.3, -0.25) is 4.79 Å². The van der Waals surface area contributed by atoms with E-state index in [9.17, 15) is 9.90 Å². The zero-order valence-electron chi connectivity index (χ0n) is 14.2. The van der Waals surface area contributed by atoms with Crippen LogP contribution in [0.4, 0.5) is 0 Å². The first-order valence-electron chi connectivity index (χ1n) is 7.71. The van der Waals surface area contributed by atoms with Crippen molar-refractivity contribution in [1.29, 1.82) is 0 Å². The molecule has 5 nitrogen and oxygen atoms in total. The fourth-order valence-electron chi connectivity index (χ4n) is 2.58. The second-order valence-corrected chi connectivity index (χ2v) is 7.35. The molecule has 0 saturated carbocycles. The Bertz CT molecular complexity index is 963. The maximum absolute atomic E-state index is 11.4. The SMILES string of the molecule is COc1cc(C=C(CC(=O)O)c2nc3ccccc3s2)cc(Br)c1OC. The third kappa shape index (κ3) is 3.89. The van der Waals surface area contributed by atoms with Gasteiger partial charge in [0.15, 0.2) is 11.5 Å². The van der Waals surface area contributed by atoms with Gasteiger partial charge in [0.05, 0.1) is 35.3 Å². The summed E-state index contributed by atoms with van der Waals surface area (Å²) in [4.78, 5) is 15.9. The molecule has 134 valence electrons. The second-order valence-electron chi connectivity index (χ2n) is 5.47. The highest BCUT2D eigenvalue weighted by atomic mass is 79.9. The molecule has 2 aromatic carbocycles. The summed E-state index contributed by atoms with van der Waals surface area (Å²) in [5.74, 6) is 0.242. The van der Waals surface area contributed by atoms with Gasteiger partial charge in [-0.05, 0) is 57.4 Å². The number of carboxylic acid groups (broad SMARTS) is 1. The van der Waals surface area contributed by atoms with Crippen molar-refractivity contribution in [2.45, 2.75) is 6.42 Å². The Kier molecular flexibility index (Phi) is 5.58. The molecule has 0 radical (unpaired) electrons. The Morgan fingerprint density at radius 2 is 2.04 bits per heavy atom. The molecule has 0 fully saturated rings. The first-order chi connectivity index (χ1) is 12.5. The van der Waals surface area contributed by atoms with Gasteiger partial charge in [0.1, 0.15) is 5.01 Å². The summed E-state index contributed by atoms with van der Waals surface area (Å²) in [5.41, 5.74) is 2.29. The first kappa shape index (κ1) is 18.4. The zero-order chi connectivity index (χ0) is 18.7. The Morgan fingerprint density at radius 1 is 1.27 bits per heavy atom. The van der Waals surface area contributed by atoms with Gasteiger partial charge in [-0.25, -0.2) is 4.98 Å². The van der Waals surface area contributed by atoms with Gasteiger partial charge < -0.3 is 14.6 Å². The van der Waals surface area contributed by atoms with E-state index in [-0.39, 0.29) is 6.42 Å². The first-order valence-corrected chi connectivity index (χ1v) is 9.32. The number of hydrogen-bond donors (Lipinski definition) is 1. The van der Waals surface area contributed by atoms with Crippen LogP contribution in [0.15, 0.2) is 40.9 Å². The lowest BCUT2D eigenvalue weighted by atomic mass is 10.1. The highest BCUT2D eigenvalue weighted by Crippen LogP contribution is 2.38. The number of nitrogens with zero attached hydrogens (tertiary/aromatic N) is 1. The number of rotatable bonds is 6. The van der Waals surface area contributed by atoms with Crippen molar-refractivity contribution < 1.29 is 19.4 Å². The molecule has 0 amide bonds. The number of para-hydroxylation sites is 1. The zero-order valence-corrected chi connectivity index (χ0v) is 16.6. The van der Waals surface area contributed by atoms with Crippen LogP contribution in [0.1, 0.15) is 17.0 Å². The van der Waals surface area contributed by atoms with Gasteiger partial charge in [-0.2, -0.15) is 0 Å². The number of methoxy groups -OCH3 is 2. The molecule has 0 aliphatic rings. The molecule has 0 bridgehead atoms. The number of aliphatic carboxylic acids is 1. The minimum Gasteiger partial charge on any atom is -0.493 e. The molecular formula is C19H16BrNO4S. The van der Waals surface area contributed by atoms with Gasteiger partial charge in [0, 0.05) is 0 Å². The molecule has 7 heteroatoms. The van der Waals surface area contributed by atoms with Crippen molar-refractivity contribution in [3.63, 3.8) is 0 Å². The van der Waals surface area contributed by atoms with Crippen LogP contribution in [0.5, 0.6) is 11.5 Å². The molecule has 0 aliphatic heterocycles. The predicted molar refractivity (Wildman–Crippen MR) is 107 cm³/mol. The molecule has 0 saturated heterocycles. The lowest BCUT2D eigenvalue weighted by molar-refractivity contribution is -0.135. The van der Waals surface area contributed by atoms with Crippen LogP contribution < -0.4 is 9.47 Å². The molecule has 0 spiro atoms. The van der Waals surface area contributed by atoms with Crippen molar-refractivity contribution >= 4 is 55.1 Å². The summed E-state index contributed by atoms with van der Waals surface area (Å²) < 4.78 is 12.4. The van der Waals surface area contributed by atoms with Crippen LogP contribution in [-0.2, 0) is 4.79 Å². The number of carboxylic acids is 1. The number of halogens is 1. The van der Waals surface area contributed by atoms with Crippen molar-refractivity contribution in [2.24, 2.45) is 0 Å². The fourth-order valence-corrected chi connectivity index (χ4v) is 4.18. The van der Waals surface area contributed by atoms with E-state index in [1.54, 1.807) is 20.3 Å². The van der Waals surface area contributed by atoms with Crippen LogP contribution in [0, 0.1) is 0 Å². The fraction of sp³-hybridized carbons (Fsp3) is 0.158.